The minimum atomic E-state index is 0.0233. The Bertz CT molecular complexity index is 368. The highest BCUT2D eigenvalue weighted by atomic mass is 127. The van der Waals surface area contributed by atoms with Crippen LogP contribution in [-0.4, -0.2) is 24.4 Å². The number of rotatable bonds is 3. The molecule has 1 aromatic rings. The molecule has 0 saturated heterocycles. The van der Waals surface area contributed by atoms with Crippen molar-refractivity contribution in [1.29, 1.82) is 0 Å². The second kappa shape index (κ2) is 5.70. The van der Waals surface area contributed by atoms with Crippen molar-refractivity contribution in [2.75, 3.05) is 13.6 Å². The summed E-state index contributed by atoms with van der Waals surface area (Å²) in [5.41, 5.74) is 0.649. The number of benzene rings is 1. The molecule has 82 valence electrons. The molecule has 0 heterocycles. The zero-order valence-corrected chi connectivity index (χ0v) is 11.7. The third-order valence-corrected chi connectivity index (χ3v) is 3.64. The van der Waals surface area contributed by atoms with Gasteiger partial charge in [-0.25, -0.2) is 0 Å². The maximum absolute atomic E-state index is 11.9. The quantitative estimate of drug-likeness (QED) is 0.774. The van der Waals surface area contributed by atoms with Crippen LogP contribution in [0.4, 0.5) is 0 Å². The van der Waals surface area contributed by atoms with Crippen molar-refractivity contribution < 1.29 is 4.79 Å². The first-order valence-corrected chi connectivity index (χ1v) is 6.22. The van der Waals surface area contributed by atoms with Gasteiger partial charge in [-0.05, 0) is 47.2 Å². The molecule has 0 aliphatic heterocycles. The summed E-state index contributed by atoms with van der Waals surface area (Å²) in [5.74, 6) is 0.0233. The molecule has 0 aliphatic carbocycles. The van der Waals surface area contributed by atoms with E-state index in [1.54, 1.807) is 18.0 Å². The van der Waals surface area contributed by atoms with Crippen molar-refractivity contribution in [3.05, 3.63) is 32.4 Å². The number of hydrogen-bond acceptors (Lipinski definition) is 1. The Morgan fingerprint density at radius 2 is 2.20 bits per heavy atom. The molecule has 1 aromatic carbocycles. The van der Waals surface area contributed by atoms with Crippen molar-refractivity contribution >= 4 is 40.1 Å². The van der Waals surface area contributed by atoms with Crippen molar-refractivity contribution in [3.63, 3.8) is 0 Å². The predicted molar refractivity (Wildman–Crippen MR) is 71.4 cm³/mol. The fourth-order valence-corrected chi connectivity index (χ4v) is 1.80. The lowest BCUT2D eigenvalue weighted by Crippen LogP contribution is -2.27. The van der Waals surface area contributed by atoms with E-state index in [0.29, 0.717) is 10.6 Å². The van der Waals surface area contributed by atoms with Gasteiger partial charge < -0.3 is 4.90 Å². The predicted octanol–water partition coefficient (Wildman–Crippen LogP) is 3.43. The highest BCUT2D eigenvalue weighted by Crippen LogP contribution is 2.20. The molecule has 4 heteroatoms. The summed E-state index contributed by atoms with van der Waals surface area (Å²) in [6.45, 7) is 2.81. The summed E-state index contributed by atoms with van der Waals surface area (Å²) in [4.78, 5) is 13.6. The van der Waals surface area contributed by atoms with Gasteiger partial charge in [0.2, 0.25) is 0 Å². The first-order valence-electron chi connectivity index (χ1n) is 4.76. The van der Waals surface area contributed by atoms with Gasteiger partial charge >= 0.3 is 0 Å². The van der Waals surface area contributed by atoms with Crippen LogP contribution >= 0.6 is 34.2 Å². The molecular weight excluding hydrogens is 324 g/mol. The number of carbonyl (C=O) groups is 1. The summed E-state index contributed by atoms with van der Waals surface area (Å²) in [7, 11) is 1.80. The molecule has 0 radical (unpaired) electrons. The average molecular weight is 338 g/mol. The molecule has 0 bridgehead atoms. The van der Waals surface area contributed by atoms with Crippen LogP contribution in [0, 0.1) is 3.57 Å². The lowest BCUT2D eigenvalue weighted by Gasteiger charge is -2.16. The maximum Gasteiger partial charge on any atom is 0.253 e. The second-order valence-electron chi connectivity index (χ2n) is 3.36. The largest absolute Gasteiger partial charge is 0.342 e. The van der Waals surface area contributed by atoms with Crippen LogP contribution in [0.1, 0.15) is 23.7 Å². The zero-order chi connectivity index (χ0) is 11.4. The van der Waals surface area contributed by atoms with Gasteiger partial charge in [0.25, 0.3) is 5.91 Å². The lowest BCUT2D eigenvalue weighted by atomic mass is 10.2. The number of amides is 1. The Morgan fingerprint density at radius 3 is 2.73 bits per heavy atom. The van der Waals surface area contributed by atoms with E-state index in [1.165, 1.54) is 0 Å². The average Bonchev–Trinajstić information content (AvgIpc) is 2.21. The first kappa shape index (κ1) is 12.8. The van der Waals surface area contributed by atoms with E-state index in [1.807, 2.05) is 19.1 Å². The molecule has 0 fully saturated rings. The van der Waals surface area contributed by atoms with Gasteiger partial charge in [-0.2, -0.15) is 0 Å². The maximum atomic E-state index is 11.9. The van der Waals surface area contributed by atoms with Gasteiger partial charge in [0, 0.05) is 22.7 Å². The molecule has 0 unspecified atom stereocenters. The summed E-state index contributed by atoms with van der Waals surface area (Å²) < 4.78 is 0.962. The van der Waals surface area contributed by atoms with Crippen LogP contribution in [0.15, 0.2) is 18.2 Å². The van der Waals surface area contributed by atoms with Crippen LogP contribution in [0.25, 0.3) is 0 Å². The van der Waals surface area contributed by atoms with Crippen LogP contribution < -0.4 is 0 Å². The normalized spacial score (nSPS) is 10.1. The Morgan fingerprint density at radius 1 is 1.53 bits per heavy atom. The zero-order valence-electron chi connectivity index (χ0n) is 8.76. The Hall–Kier alpha value is -0.290. The number of halogens is 2. The molecule has 0 saturated carbocycles. The van der Waals surface area contributed by atoms with E-state index in [4.69, 9.17) is 11.6 Å². The first-order chi connectivity index (χ1) is 7.06. The Labute approximate surface area is 109 Å². The van der Waals surface area contributed by atoms with E-state index in [-0.39, 0.29) is 5.91 Å². The number of carbonyl (C=O) groups excluding carboxylic acids is 1. The van der Waals surface area contributed by atoms with E-state index in [0.717, 1.165) is 16.5 Å². The third-order valence-electron chi connectivity index (χ3n) is 2.07. The fraction of sp³-hybridized carbons (Fsp3) is 0.364. The van der Waals surface area contributed by atoms with Crippen LogP contribution in [-0.2, 0) is 0 Å². The van der Waals surface area contributed by atoms with E-state index in [9.17, 15) is 4.79 Å². The molecule has 2 nitrogen and oxygen atoms in total. The van der Waals surface area contributed by atoms with Crippen LogP contribution in [0.2, 0.25) is 5.02 Å². The lowest BCUT2D eigenvalue weighted by molar-refractivity contribution is 0.0795. The number of nitrogens with zero attached hydrogens (tertiary/aromatic N) is 1. The molecule has 0 N–H and O–H groups in total. The van der Waals surface area contributed by atoms with Crippen molar-refractivity contribution in [1.82, 2.24) is 4.90 Å². The monoisotopic (exact) mass is 337 g/mol. The summed E-state index contributed by atoms with van der Waals surface area (Å²) >= 11 is 8.10. The summed E-state index contributed by atoms with van der Waals surface area (Å²) in [5, 5.41) is 0.631. The highest BCUT2D eigenvalue weighted by Gasteiger charge is 2.11. The smallest absolute Gasteiger partial charge is 0.253 e. The third kappa shape index (κ3) is 3.34. The molecule has 15 heavy (non-hydrogen) atoms. The molecule has 1 amide bonds. The van der Waals surface area contributed by atoms with Crippen LogP contribution in [0.3, 0.4) is 0 Å². The van der Waals surface area contributed by atoms with E-state index >= 15 is 0 Å². The molecule has 0 spiro atoms. The van der Waals surface area contributed by atoms with Crippen molar-refractivity contribution in [2.45, 2.75) is 13.3 Å². The van der Waals surface area contributed by atoms with Gasteiger partial charge in [-0.3, -0.25) is 4.79 Å². The van der Waals surface area contributed by atoms with Crippen molar-refractivity contribution in [2.24, 2.45) is 0 Å². The van der Waals surface area contributed by atoms with E-state index < -0.39 is 0 Å². The Balaban J connectivity index is 2.87. The SMILES string of the molecule is CCCN(C)C(=O)c1ccc(I)c(Cl)c1. The molecular formula is C11H13ClINO. The number of hydrogen-bond donors (Lipinski definition) is 0. The van der Waals surface area contributed by atoms with Gasteiger partial charge in [0.15, 0.2) is 0 Å². The van der Waals surface area contributed by atoms with Gasteiger partial charge in [-0.15, -0.1) is 0 Å². The second-order valence-corrected chi connectivity index (χ2v) is 4.92. The molecule has 0 atom stereocenters. The summed E-state index contributed by atoms with van der Waals surface area (Å²) in [6.07, 6.45) is 0.959. The minimum Gasteiger partial charge on any atom is -0.342 e. The minimum absolute atomic E-state index is 0.0233. The molecule has 0 aromatic heterocycles. The molecule has 1 rings (SSSR count). The van der Waals surface area contributed by atoms with Gasteiger partial charge in [0.05, 0.1) is 5.02 Å². The van der Waals surface area contributed by atoms with Crippen LogP contribution in [0.5, 0.6) is 0 Å². The topological polar surface area (TPSA) is 20.3 Å². The fourth-order valence-electron chi connectivity index (χ4n) is 1.29. The van der Waals surface area contributed by atoms with Gasteiger partial charge in [-0.1, -0.05) is 18.5 Å². The van der Waals surface area contributed by atoms with Gasteiger partial charge in [0.1, 0.15) is 0 Å². The highest BCUT2D eigenvalue weighted by molar-refractivity contribution is 14.1. The molecule has 0 aliphatic rings. The van der Waals surface area contributed by atoms with Crippen molar-refractivity contribution in [3.8, 4) is 0 Å². The standard InChI is InChI=1S/C11H13ClINO/c1-3-6-14(2)11(15)8-4-5-10(13)9(12)7-8/h4-5,7H,3,6H2,1-2H3. The Kier molecular flexibility index (Phi) is 4.86. The van der Waals surface area contributed by atoms with E-state index in [2.05, 4.69) is 22.6 Å². The summed E-state index contributed by atoms with van der Waals surface area (Å²) in [6, 6.07) is 5.38.